The summed E-state index contributed by atoms with van der Waals surface area (Å²) in [4.78, 5) is 0. The van der Waals surface area contributed by atoms with Crippen molar-refractivity contribution >= 4 is 65.7 Å². The van der Waals surface area contributed by atoms with Crippen LogP contribution < -0.4 is 0 Å². The van der Waals surface area contributed by atoms with E-state index in [1.54, 1.807) is 0 Å². The largest absolute Gasteiger partial charge is 0 e. The molecule has 0 aromatic carbocycles. The first-order valence-corrected chi connectivity index (χ1v) is 1.37. The van der Waals surface area contributed by atoms with Crippen LogP contribution in [0.2, 0.25) is 0 Å². The van der Waals surface area contributed by atoms with Crippen LogP contribution in [0.4, 0.5) is 0 Å². The average molecular weight is 330 g/mol. The molecule has 5 heavy (non-hydrogen) atoms. The van der Waals surface area contributed by atoms with Crippen molar-refractivity contribution in [2.45, 2.75) is 0 Å². The molecule has 5 heteroatoms. The van der Waals surface area contributed by atoms with E-state index in [-0.39, 0.29) is 64.9 Å². The summed E-state index contributed by atoms with van der Waals surface area (Å²) in [5.41, 5.74) is 0. The molecule has 0 aromatic rings. The molecule has 0 bridgehead atoms. The monoisotopic (exact) mass is 332 g/mol. The van der Waals surface area contributed by atoms with E-state index in [0.29, 0.717) is 22.5 Å². The molecule has 0 atom stereocenters. The fraction of sp³-hybridized carbons (Fsp3) is 0. The van der Waals surface area contributed by atoms with Gasteiger partial charge in [-0.1, -0.05) is 0 Å². The minimum Gasteiger partial charge on any atom is 0 e. The van der Waals surface area contributed by atoms with Gasteiger partial charge in [0, 0.05) is 21.7 Å². The van der Waals surface area contributed by atoms with E-state index in [1.165, 1.54) is 0 Å². The molecule has 0 unspecified atom stereocenters. The second kappa shape index (κ2) is 29.7. The fourth-order valence-electron chi connectivity index (χ4n) is 0. The molecule has 1 nitrogen and oxygen atoms in total. The van der Waals surface area contributed by atoms with Gasteiger partial charge in [0.25, 0.3) is 0 Å². The SMILES string of the molecule is [AlH3].[InH3].[O]=[Sn].[Ti]. The van der Waals surface area contributed by atoms with E-state index in [4.69, 9.17) is 3.08 Å². The summed E-state index contributed by atoms with van der Waals surface area (Å²) in [5, 5.41) is 0. The first-order valence-electron chi connectivity index (χ1n) is 0.204. The van der Waals surface area contributed by atoms with Crippen LogP contribution in [-0.2, 0) is 24.8 Å². The minimum absolute atomic E-state index is 0. The Morgan fingerprint density at radius 2 is 1.20 bits per heavy atom. The molecule has 0 spiro atoms. The smallest absolute Gasteiger partial charge is 0 e. The second-order valence-electron chi connectivity index (χ2n) is 0. The molecule has 0 aromatic heterocycles. The van der Waals surface area contributed by atoms with Crippen LogP contribution in [0.1, 0.15) is 0 Å². The third kappa shape index (κ3) is 20.3. The molecule has 0 aliphatic carbocycles. The van der Waals surface area contributed by atoms with Gasteiger partial charge in [0.1, 0.15) is 0 Å². The van der Waals surface area contributed by atoms with Crippen molar-refractivity contribution in [3.8, 4) is 0 Å². The Morgan fingerprint density at radius 1 is 1.20 bits per heavy atom. The van der Waals surface area contributed by atoms with Crippen LogP contribution in [0, 0.1) is 0 Å². The molecule has 0 saturated heterocycles. The van der Waals surface area contributed by atoms with Gasteiger partial charge in [-0.2, -0.15) is 0 Å². The Morgan fingerprint density at radius 3 is 1.20 bits per heavy atom. The first kappa shape index (κ1) is 25.2. The number of hydrogen-bond acceptors (Lipinski definition) is 1. The maximum atomic E-state index is 8.34. The molecular weight excluding hydrogens is 324 g/mol. The van der Waals surface area contributed by atoms with Crippen LogP contribution >= 0.6 is 0 Å². The standard InChI is InChI=1S/Al.In.O.Sn.Ti.6H. The number of rotatable bonds is 0. The van der Waals surface area contributed by atoms with Gasteiger partial charge in [0.15, 0.2) is 17.4 Å². The van der Waals surface area contributed by atoms with Gasteiger partial charge >= 0.3 is 51.4 Å². The van der Waals surface area contributed by atoms with E-state index in [9.17, 15) is 0 Å². The molecule has 0 N–H and O–H groups in total. The molecule has 0 saturated carbocycles. The maximum absolute atomic E-state index is 8.34. The summed E-state index contributed by atoms with van der Waals surface area (Å²) >= 11 is 0.300. The summed E-state index contributed by atoms with van der Waals surface area (Å²) < 4.78 is 8.34. The Bertz CT molecular complexity index is 11.6. The summed E-state index contributed by atoms with van der Waals surface area (Å²) in [6.07, 6.45) is 0. The zero-order valence-corrected chi connectivity index (χ0v) is 5.82. The van der Waals surface area contributed by atoms with Crippen molar-refractivity contribution in [3.05, 3.63) is 0 Å². The Labute approximate surface area is 88.9 Å². The van der Waals surface area contributed by atoms with E-state index >= 15 is 0 Å². The van der Waals surface area contributed by atoms with E-state index in [1.807, 2.05) is 0 Å². The Kier molecular flexibility index (Phi) is 150. The van der Waals surface area contributed by atoms with Gasteiger partial charge < -0.3 is 0 Å². The molecular formula is H6AlInOSnTi. The van der Waals surface area contributed by atoms with Gasteiger partial charge in [0.05, 0.1) is 0 Å². The van der Waals surface area contributed by atoms with Crippen LogP contribution in [0.25, 0.3) is 0 Å². The van der Waals surface area contributed by atoms with Crippen molar-refractivity contribution in [1.29, 1.82) is 0 Å². The minimum atomic E-state index is 0. The van der Waals surface area contributed by atoms with E-state index in [2.05, 4.69) is 0 Å². The maximum Gasteiger partial charge on any atom is 0 e. The normalized spacial score (nSPS) is 0.800. The van der Waals surface area contributed by atoms with E-state index in [0.717, 1.165) is 0 Å². The van der Waals surface area contributed by atoms with Gasteiger partial charge in [0.2, 0.25) is 0 Å². The molecule has 0 aliphatic heterocycles. The van der Waals surface area contributed by atoms with Gasteiger partial charge in [-0.3, -0.25) is 0 Å². The molecule has 26 valence electrons. The van der Waals surface area contributed by atoms with Gasteiger partial charge in [-0.05, 0) is 0 Å². The predicted molar refractivity (Wildman–Crippen MR) is 26.3 cm³/mol. The van der Waals surface area contributed by atoms with Crippen LogP contribution in [-0.4, -0.2) is 65.7 Å². The zero-order valence-electron chi connectivity index (χ0n) is 1.41. The molecule has 0 aliphatic rings. The summed E-state index contributed by atoms with van der Waals surface area (Å²) in [7, 11) is 0. The van der Waals surface area contributed by atoms with Crippen LogP contribution in [0.5, 0.6) is 0 Å². The third-order valence-electron chi connectivity index (χ3n) is 0. The first-order chi connectivity index (χ1) is 1.00. The van der Waals surface area contributed by atoms with Crippen molar-refractivity contribution in [1.82, 2.24) is 0 Å². The molecule has 0 rings (SSSR count). The summed E-state index contributed by atoms with van der Waals surface area (Å²) in [5.74, 6) is 0. The Hall–Kier alpha value is 2.72. The molecule has 0 fully saturated rings. The number of hydrogen-bond donors (Lipinski definition) is 0. The van der Waals surface area contributed by atoms with E-state index < -0.39 is 0 Å². The van der Waals surface area contributed by atoms with Crippen molar-refractivity contribution in [2.75, 3.05) is 0 Å². The summed E-state index contributed by atoms with van der Waals surface area (Å²) in [6.45, 7) is 0. The average Bonchev–Trinajstić information content (AvgIpc) is 1.00. The quantitative estimate of drug-likeness (QED) is 0.437. The van der Waals surface area contributed by atoms with Crippen molar-refractivity contribution < 1.29 is 24.8 Å². The fourth-order valence-corrected chi connectivity index (χ4v) is 0. The predicted octanol–water partition coefficient (Wildman–Crippen LogP) is -2.87. The summed E-state index contributed by atoms with van der Waals surface area (Å²) in [6, 6.07) is 0. The van der Waals surface area contributed by atoms with Crippen molar-refractivity contribution in [3.63, 3.8) is 0 Å². The molecule has 2 radical (unpaired) electrons. The topological polar surface area (TPSA) is 17.1 Å². The Balaban J connectivity index is -0.00000000167. The van der Waals surface area contributed by atoms with Crippen LogP contribution in [0.3, 0.4) is 0 Å². The molecule has 0 amide bonds. The van der Waals surface area contributed by atoms with Gasteiger partial charge in [-0.15, -0.1) is 0 Å². The molecule has 0 heterocycles. The third-order valence-corrected chi connectivity index (χ3v) is 0. The second-order valence-corrected chi connectivity index (χ2v) is 0. The zero-order chi connectivity index (χ0) is 2.00. The van der Waals surface area contributed by atoms with Crippen molar-refractivity contribution in [2.24, 2.45) is 0 Å². The van der Waals surface area contributed by atoms with Gasteiger partial charge in [-0.25, -0.2) is 0 Å². The van der Waals surface area contributed by atoms with Crippen LogP contribution in [0.15, 0.2) is 0 Å².